The predicted octanol–water partition coefficient (Wildman–Crippen LogP) is 3.60. The molecule has 0 unspecified atom stereocenters. The Bertz CT molecular complexity index is 915. The smallest absolute Gasteiger partial charge is 0.335 e. The van der Waals surface area contributed by atoms with E-state index in [1.807, 2.05) is 19.1 Å². The first-order chi connectivity index (χ1) is 12.5. The number of aromatic carboxylic acids is 1. The first-order valence-electron chi connectivity index (χ1n) is 7.58. The molecule has 0 bridgehead atoms. The minimum Gasteiger partial charge on any atom is -0.478 e. The van der Waals surface area contributed by atoms with Gasteiger partial charge in [-0.2, -0.15) is 0 Å². The van der Waals surface area contributed by atoms with E-state index in [2.05, 4.69) is 4.74 Å². The summed E-state index contributed by atoms with van der Waals surface area (Å²) in [5, 5.41) is 10.4. The highest BCUT2D eigenvalue weighted by molar-refractivity contribution is 5.94. The summed E-state index contributed by atoms with van der Waals surface area (Å²) >= 11 is 0. The summed E-state index contributed by atoms with van der Waals surface area (Å²) in [4.78, 5) is 30.7. The fourth-order valence-corrected chi connectivity index (χ4v) is 2.16. The van der Waals surface area contributed by atoms with E-state index >= 15 is 0 Å². The first-order valence-corrected chi connectivity index (χ1v) is 7.58. The van der Waals surface area contributed by atoms with E-state index in [9.17, 15) is 14.4 Å². The van der Waals surface area contributed by atoms with Crippen molar-refractivity contribution < 1.29 is 29.0 Å². The summed E-state index contributed by atoms with van der Waals surface area (Å²) in [7, 11) is 0. The van der Waals surface area contributed by atoms with Crippen molar-refractivity contribution >= 4 is 29.7 Å². The molecule has 0 fully saturated rings. The molecule has 1 N–H and O–H groups in total. The SMILES string of the molecule is Cc1ccc(OC=O)cc1.O=COc1ccc2cc(C(=O)O)ccc2c1. The summed E-state index contributed by atoms with van der Waals surface area (Å²) in [6.07, 6.45) is 0. The fourth-order valence-electron chi connectivity index (χ4n) is 2.16. The highest BCUT2D eigenvalue weighted by Crippen LogP contribution is 2.21. The lowest BCUT2D eigenvalue weighted by molar-refractivity contribution is -0.121. The maximum Gasteiger partial charge on any atom is 0.335 e. The molecule has 3 aromatic rings. The molecule has 0 aromatic heterocycles. The van der Waals surface area contributed by atoms with Gasteiger partial charge in [0, 0.05) is 0 Å². The van der Waals surface area contributed by atoms with E-state index in [0.717, 1.165) is 16.3 Å². The Morgan fingerprint density at radius 1 is 0.808 bits per heavy atom. The minimum atomic E-state index is -0.963. The average molecular weight is 352 g/mol. The number of hydrogen-bond acceptors (Lipinski definition) is 5. The summed E-state index contributed by atoms with van der Waals surface area (Å²) < 4.78 is 9.28. The van der Waals surface area contributed by atoms with Crippen LogP contribution in [0.25, 0.3) is 10.8 Å². The minimum absolute atomic E-state index is 0.233. The standard InChI is InChI=1S/C12H8O4.C8H8O2/c13-7-16-11-4-3-8-5-10(12(14)15)2-1-9(8)6-11;1-7-2-4-8(5-3-7)10-6-9/h1-7H,(H,14,15);2-6H,1H3. The molecule has 6 nitrogen and oxygen atoms in total. The van der Waals surface area contributed by atoms with Crippen molar-refractivity contribution in [2.45, 2.75) is 6.92 Å². The molecule has 0 amide bonds. The molecule has 0 spiro atoms. The predicted molar refractivity (Wildman–Crippen MR) is 95.5 cm³/mol. The second-order valence-corrected chi connectivity index (χ2v) is 5.27. The number of carboxylic acid groups (broad SMARTS) is 1. The molecule has 0 radical (unpaired) electrons. The third-order valence-electron chi connectivity index (χ3n) is 3.45. The molecule has 0 aliphatic heterocycles. The van der Waals surface area contributed by atoms with Crippen LogP contribution in [0.1, 0.15) is 15.9 Å². The number of benzene rings is 3. The van der Waals surface area contributed by atoms with Crippen LogP contribution in [-0.4, -0.2) is 24.0 Å². The molecule has 3 rings (SSSR count). The topological polar surface area (TPSA) is 89.9 Å². The molecule has 0 atom stereocenters. The van der Waals surface area contributed by atoms with Gasteiger partial charge in [-0.1, -0.05) is 29.8 Å². The second-order valence-electron chi connectivity index (χ2n) is 5.27. The zero-order chi connectivity index (χ0) is 18.9. The average Bonchev–Trinajstić information content (AvgIpc) is 2.64. The summed E-state index contributed by atoms with van der Waals surface area (Å²) in [6.45, 7) is 2.75. The van der Waals surface area contributed by atoms with Crippen LogP contribution in [-0.2, 0) is 9.59 Å². The Kier molecular flexibility index (Phi) is 6.45. The van der Waals surface area contributed by atoms with E-state index in [-0.39, 0.29) is 5.56 Å². The lowest BCUT2D eigenvalue weighted by Gasteiger charge is -2.02. The molecule has 0 aliphatic carbocycles. The van der Waals surface area contributed by atoms with E-state index in [1.54, 1.807) is 42.5 Å². The zero-order valence-electron chi connectivity index (χ0n) is 13.9. The van der Waals surface area contributed by atoms with Crippen LogP contribution in [0.5, 0.6) is 11.5 Å². The molecule has 0 aliphatic rings. The maximum atomic E-state index is 10.7. The number of hydrogen-bond donors (Lipinski definition) is 1. The van der Waals surface area contributed by atoms with E-state index in [4.69, 9.17) is 9.84 Å². The lowest BCUT2D eigenvalue weighted by Crippen LogP contribution is -1.95. The Balaban J connectivity index is 0.000000209. The van der Waals surface area contributed by atoms with Gasteiger partial charge in [-0.25, -0.2) is 4.79 Å². The lowest BCUT2D eigenvalue weighted by atomic mass is 10.1. The molecular weight excluding hydrogens is 336 g/mol. The van der Waals surface area contributed by atoms with Crippen molar-refractivity contribution in [3.63, 3.8) is 0 Å². The van der Waals surface area contributed by atoms with Gasteiger partial charge in [-0.05, 0) is 54.1 Å². The number of carboxylic acids is 1. The van der Waals surface area contributed by atoms with Crippen LogP contribution in [0.2, 0.25) is 0 Å². The Morgan fingerprint density at radius 3 is 1.96 bits per heavy atom. The van der Waals surface area contributed by atoms with Crippen LogP contribution >= 0.6 is 0 Å². The van der Waals surface area contributed by atoms with Crippen molar-refractivity contribution in [1.29, 1.82) is 0 Å². The van der Waals surface area contributed by atoms with Crippen LogP contribution in [0.15, 0.2) is 60.7 Å². The molecule has 0 saturated carbocycles. The van der Waals surface area contributed by atoms with Crippen LogP contribution in [0.4, 0.5) is 0 Å². The van der Waals surface area contributed by atoms with Gasteiger partial charge in [0.2, 0.25) is 0 Å². The van der Waals surface area contributed by atoms with E-state index < -0.39 is 5.97 Å². The van der Waals surface area contributed by atoms with Crippen molar-refractivity contribution in [2.75, 3.05) is 0 Å². The van der Waals surface area contributed by atoms with E-state index in [0.29, 0.717) is 24.4 Å². The highest BCUT2D eigenvalue weighted by Gasteiger charge is 2.04. The van der Waals surface area contributed by atoms with Crippen molar-refractivity contribution in [3.8, 4) is 11.5 Å². The number of rotatable bonds is 5. The zero-order valence-corrected chi connectivity index (χ0v) is 13.9. The molecule has 132 valence electrons. The quantitative estimate of drug-likeness (QED) is 0.706. The van der Waals surface area contributed by atoms with Gasteiger partial charge in [0.05, 0.1) is 5.56 Å². The highest BCUT2D eigenvalue weighted by atomic mass is 16.5. The molecule has 6 heteroatoms. The monoisotopic (exact) mass is 352 g/mol. The third kappa shape index (κ3) is 5.17. The van der Waals surface area contributed by atoms with Gasteiger partial charge >= 0.3 is 5.97 Å². The van der Waals surface area contributed by atoms with Gasteiger partial charge in [0.1, 0.15) is 11.5 Å². The van der Waals surface area contributed by atoms with Gasteiger partial charge < -0.3 is 14.6 Å². The number of carbonyl (C=O) groups excluding carboxylic acids is 2. The largest absolute Gasteiger partial charge is 0.478 e. The van der Waals surface area contributed by atoms with E-state index in [1.165, 1.54) is 6.07 Å². The Morgan fingerprint density at radius 2 is 1.35 bits per heavy atom. The van der Waals surface area contributed by atoms with Crippen LogP contribution in [0.3, 0.4) is 0 Å². The first kappa shape index (κ1) is 18.7. The Labute approximate surface area is 149 Å². The van der Waals surface area contributed by atoms with Crippen molar-refractivity contribution in [1.82, 2.24) is 0 Å². The second kappa shape index (κ2) is 8.98. The summed E-state index contributed by atoms with van der Waals surface area (Å²) in [5.74, 6) is 0.0568. The number of aryl methyl sites for hydroxylation is 1. The molecular formula is C20H16O6. The molecule has 3 aromatic carbocycles. The van der Waals surface area contributed by atoms with Crippen molar-refractivity contribution in [2.24, 2.45) is 0 Å². The molecule has 0 saturated heterocycles. The Hall–Kier alpha value is -3.67. The normalized spacial score (nSPS) is 9.58. The third-order valence-corrected chi connectivity index (χ3v) is 3.45. The molecule has 0 heterocycles. The van der Waals surface area contributed by atoms with Gasteiger partial charge in [-0.3, -0.25) is 9.59 Å². The summed E-state index contributed by atoms with van der Waals surface area (Å²) in [6, 6.07) is 17.0. The van der Waals surface area contributed by atoms with Gasteiger partial charge in [0.25, 0.3) is 12.9 Å². The number of carbonyl (C=O) groups is 3. The number of ether oxygens (including phenoxy) is 2. The number of fused-ring (bicyclic) bond motifs is 1. The van der Waals surface area contributed by atoms with Crippen molar-refractivity contribution in [3.05, 3.63) is 71.8 Å². The summed E-state index contributed by atoms with van der Waals surface area (Å²) in [5.41, 5.74) is 1.38. The fraction of sp³-hybridized carbons (Fsp3) is 0.0500. The van der Waals surface area contributed by atoms with Crippen LogP contribution < -0.4 is 9.47 Å². The maximum absolute atomic E-state index is 10.7. The van der Waals surface area contributed by atoms with Gasteiger partial charge in [0.15, 0.2) is 0 Å². The van der Waals surface area contributed by atoms with Crippen LogP contribution in [0, 0.1) is 6.92 Å². The van der Waals surface area contributed by atoms with Gasteiger partial charge in [-0.15, -0.1) is 0 Å². The molecule has 26 heavy (non-hydrogen) atoms.